The maximum absolute atomic E-state index is 13.0. The monoisotopic (exact) mass is 355 g/mol. The van der Waals surface area contributed by atoms with Crippen LogP contribution in [0, 0.1) is 5.82 Å². The van der Waals surface area contributed by atoms with Gasteiger partial charge in [0.1, 0.15) is 5.82 Å². The van der Waals surface area contributed by atoms with Gasteiger partial charge in [-0.3, -0.25) is 4.79 Å². The summed E-state index contributed by atoms with van der Waals surface area (Å²) in [7, 11) is 0. The number of nitrogens with one attached hydrogen (secondary N) is 1. The van der Waals surface area contributed by atoms with Gasteiger partial charge in [-0.25, -0.2) is 9.07 Å². The van der Waals surface area contributed by atoms with Crippen LogP contribution >= 0.6 is 23.4 Å². The number of thioether (sulfide) groups is 1. The van der Waals surface area contributed by atoms with Gasteiger partial charge in [0.2, 0.25) is 11.1 Å². The van der Waals surface area contributed by atoms with Crippen molar-refractivity contribution in [2.75, 3.05) is 11.1 Å². The summed E-state index contributed by atoms with van der Waals surface area (Å²) in [5.41, 5.74) is 0.383. The number of anilines is 1. The summed E-state index contributed by atoms with van der Waals surface area (Å²) in [6, 6.07) is 4.16. The SMILES string of the molecule is O=C(CSc1nnnn1C1CCCC1)Nc1ccc(F)cc1Cl. The van der Waals surface area contributed by atoms with Crippen molar-refractivity contribution in [2.45, 2.75) is 36.9 Å². The first-order chi connectivity index (χ1) is 11.1. The Bertz CT molecular complexity index is 704. The smallest absolute Gasteiger partial charge is 0.234 e. The molecule has 1 aliphatic rings. The minimum Gasteiger partial charge on any atom is -0.324 e. The number of amides is 1. The molecule has 1 fully saturated rings. The molecule has 0 saturated heterocycles. The molecule has 1 saturated carbocycles. The number of hydrogen-bond donors (Lipinski definition) is 1. The van der Waals surface area contributed by atoms with Crippen molar-refractivity contribution in [2.24, 2.45) is 0 Å². The highest BCUT2D eigenvalue weighted by Gasteiger charge is 2.22. The molecule has 1 heterocycles. The Kier molecular flexibility index (Phi) is 5.12. The van der Waals surface area contributed by atoms with E-state index in [0.717, 1.165) is 18.9 Å². The van der Waals surface area contributed by atoms with E-state index in [-0.39, 0.29) is 16.7 Å². The lowest BCUT2D eigenvalue weighted by atomic mass is 10.3. The number of nitrogens with zero attached hydrogens (tertiary/aromatic N) is 4. The minimum absolute atomic E-state index is 0.154. The highest BCUT2D eigenvalue weighted by atomic mass is 35.5. The zero-order chi connectivity index (χ0) is 16.2. The summed E-state index contributed by atoms with van der Waals surface area (Å²) in [6.07, 6.45) is 4.49. The molecular formula is C14H15ClFN5OS. The predicted molar refractivity (Wildman–Crippen MR) is 86.1 cm³/mol. The molecule has 2 aromatic rings. The second-order valence-electron chi connectivity index (χ2n) is 5.31. The van der Waals surface area contributed by atoms with Crippen molar-refractivity contribution in [1.29, 1.82) is 0 Å². The molecule has 1 N–H and O–H groups in total. The molecule has 0 aliphatic heterocycles. The first-order valence-electron chi connectivity index (χ1n) is 7.29. The van der Waals surface area contributed by atoms with Crippen LogP contribution in [0.15, 0.2) is 23.4 Å². The van der Waals surface area contributed by atoms with Gasteiger partial charge >= 0.3 is 0 Å². The molecule has 6 nitrogen and oxygen atoms in total. The lowest BCUT2D eigenvalue weighted by Crippen LogP contribution is -2.15. The van der Waals surface area contributed by atoms with Crippen molar-refractivity contribution >= 4 is 35.0 Å². The molecule has 0 spiro atoms. The number of tetrazole rings is 1. The fraction of sp³-hybridized carbons (Fsp3) is 0.429. The van der Waals surface area contributed by atoms with Crippen molar-refractivity contribution in [3.63, 3.8) is 0 Å². The number of carbonyl (C=O) groups excluding carboxylic acids is 1. The van der Waals surface area contributed by atoms with E-state index in [2.05, 4.69) is 20.8 Å². The standard InChI is InChI=1S/C14H15ClFN5OS/c15-11-7-9(16)5-6-12(11)17-13(22)8-23-14-18-19-20-21(14)10-3-1-2-4-10/h5-7,10H,1-4,8H2,(H,17,22). The van der Waals surface area contributed by atoms with Crippen LogP contribution in [-0.2, 0) is 4.79 Å². The Balaban J connectivity index is 1.58. The van der Waals surface area contributed by atoms with E-state index >= 15 is 0 Å². The van der Waals surface area contributed by atoms with Crippen molar-refractivity contribution in [1.82, 2.24) is 20.2 Å². The van der Waals surface area contributed by atoms with Gasteiger partial charge in [0.15, 0.2) is 0 Å². The fourth-order valence-corrected chi connectivity index (χ4v) is 3.52. The number of benzene rings is 1. The van der Waals surface area contributed by atoms with Gasteiger partial charge in [-0.1, -0.05) is 36.2 Å². The van der Waals surface area contributed by atoms with Gasteiger partial charge in [-0.05, 0) is 41.5 Å². The molecule has 0 atom stereocenters. The topological polar surface area (TPSA) is 72.7 Å². The molecule has 122 valence electrons. The number of aromatic nitrogens is 4. The summed E-state index contributed by atoms with van der Waals surface area (Å²) in [5, 5.41) is 15.2. The normalized spacial score (nSPS) is 15.0. The van der Waals surface area contributed by atoms with Crippen LogP contribution in [-0.4, -0.2) is 31.9 Å². The van der Waals surface area contributed by atoms with Gasteiger partial charge < -0.3 is 5.32 Å². The predicted octanol–water partition coefficient (Wildman–Crippen LogP) is 3.31. The van der Waals surface area contributed by atoms with E-state index in [1.807, 2.05) is 0 Å². The van der Waals surface area contributed by atoms with Crippen LogP contribution in [0.25, 0.3) is 0 Å². The second-order valence-corrected chi connectivity index (χ2v) is 6.66. The minimum atomic E-state index is -0.446. The van der Waals surface area contributed by atoms with Crippen LogP contribution in [0.3, 0.4) is 0 Å². The van der Waals surface area contributed by atoms with E-state index in [4.69, 9.17) is 11.6 Å². The third-order valence-electron chi connectivity index (χ3n) is 3.67. The maximum atomic E-state index is 13.0. The van der Waals surface area contributed by atoms with Crippen LogP contribution in [0.1, 0.15) is 31.7 Å². The molecule has 9 heteroatoms. The molecule has 0 bridgehead atoms. The zero-order valence-corrected chi connectivity index (χ0v) is 13.8. The summed E-state index contributed by atoms with van der Waals surface area (Å²) < 4.78 is 14.8. The lowest BCUT2D eigenvalue weighted by molar-refractivity contribution is -0.113. The molecule has 0 unspecified atom stereocenters. The quantitative estimate of drug-likeness (QED) is 0.833. The Hall–Kier alpha value is -1.67. The Labute approximate surface area is 141 Å². The number of rotatable bonds is 5. The van der Waals surface area contributed by atoms with Gasteiger partial charge in [0.25, 0.3) is 0 Å². The molecule has 3 rings (SSSR count). The van der Waals surface area contributed by atoms with Gasteiger partial charge in [-0.2, -0.15) is 0 Å². The first-order valence-corrected chi connectivity index (χ1v) is 8.65. The van der Waals surface area contributed by atoms with E-state index in [9.17, 15) is 9.18 Å². The summed E-state index contributed by atoms with van der Waals surface area (Å²) in [5.74, 6) is -0.538. The Morgan fingerprint density at radius 1 is 1.43 bits per heavy atom. The average molecular weight is 356 g/mol. The van der Waals surface area contributed by atoms with E-state index < -0.39 is 5.82 Å². The summed E-state index contributed by atoms with van der Waals surface area (Å²) in [4.78, 5) is 12.0. The molecule has 1 aromatic heterocycles. The summed E-state index contributed by atoms with van der Waals surface area (Å²) in [6.45, 7) is 0. The molecular weight excluding hydrogens is 341 g/mol. The number of carbonyl (C=O) groups is 1. The third kappa shape index (κ3) is 4.00. The second kappa shape index (κ2) is 7.27. The highest BCUT2D eigenvalue weighted by Crippen LogP contribution is 2.31. The van der Waals surface area contributed by atoms with Gasteiger partial charge in [-0.15, -0.1) is 5.10 Å². The van der Waals surface area contributed by atoms with E-state index in [1.165, 1.54) is 36.7 Å². The Morgan fingerprint density at radius 3 is 2.96 bits per heavy atom. The average Bonchev–Trinajstić information content (AvgIpc) is 3.18. The van der Waals surface area contributed by atoms with E-state index in [0.29, 0.717) is 16.9 Å². The van der Waals surface area contributed by atoms with Crippen molar-refractivity contribution < 1.29 is 9.18 Å². The summed E-state index contributed by atoms with van der Waals surface area (Å²) >= 11 is 7.16. The highest BCUT2D eigenvalue weighted by molar-refractivity contribution is 7.99. The molecule has 1 amide bonds. The van der Waals surface area contributed by atoms with E-state index in [1.54, 1.807) is 4.68 Å². The first kappa shape index (κ1) is 16.2. The largest absolute Gasteiger partial charge is 0.324 e. The van der Waals surface area contributed by atoms with Crippen LogP contribution in [0.5, 0.6) is 0 Å². The lowest BCUT2D eigenvalue weighted by Gasteiger charge is -2.11. The van der Waals surface area contributed by atoms with Gasteiger partial charge in [0, 0.05) is 0 Å². The maximum Gasteiger partial charge on any atom is 0.234 e. The zero-order valence-electron chi connectivity index (χ0n) is 12.2. The van der Waals surface area contributed by atoms with Crippen molar-refractivity contribution in [3.05, 3.63) is 29.0 Å². The van der Waals surface area contributed by atoms with Crippen LogP contribution in [0.4, 0.5) is 10.1 Å². The van der Waals surface area contributed by atoms with Crippen LogP contribution in [0.2, 0.25) is 5.02 Å². The molecule has 1 aromatic carbocycles. The molecule has 0 radical (unpaired) electrons. The fourth-order valence-electron chi connectivity index (χ4n) is 2.57. The number of hydrogen-bond acceptors (Lipinski definition) is 5. The number of halogens is 2. The molecule has 1 aliphatic carbocycles. The molecule has 23 heavy (non-hydrogen) atoms. The third-order valence-corrected chi connectivity index (χ3v) is 4.92. The van der Waals surface area contributed by atoms with Crippen LogP contribution < -0.4 is 5.32 Å². The Morgan fingerprint density at radius 2 is 2.22 bits per heavy atom. The van der Waals surface area contributed by atoms with Crippen molar-refractivity contribution in [3.8, 4) is 0 Å². The van der Waals surface area contributed by atoms with Gasteiger partial charge in [0.05, 0.1) is 22.5 Å².